The number of piperazine rings is 1. The predicted octanol–water partition coefficient (Wildman–Crippen LogP) is 6.58. The normalized spacial score (nSPS) is 20.6. The third-order valence-corrected chi connectivity index (χ3v) is 16.9. The molecule has 0 saturated carbocycles. The Morgan fingerprint density at radius 3 is 2.52 bits per heavy atom. The molecule has 21 nitrogen and oxygen atoms in total. The smallest absolute Gasteiger partial charge is 0.407 e. The maximum Gasteiger partial charge on any atom is 0.407 e. The van der Waals surface area contributed by atoms with Gasteiger partial charge in [0.15, 0.2) is 0 Å². The largest absolute Gasteiger partial charge is 0.491 e. The summed E-state index contributed by atoms with van der Waals surface area (Å²) < 4.78 is 30.7. The van der Waals surface area contributed by atoms with Crippen molar-refractivity contribution in [2.75, 3.05) is 89.2 Å². The first kappa shape index (κ1) is 56.8. The molecule has 3 saturated heterocycles. The lowest BCUT2D eigenvalue weighted by atomic mass is 9.91. The van der Waals surface area contributed by atoms with Crippen LogP contribution in [0.1, 0.15) is 73.0 Å². The quantitative estimate of drug-likeness (QED) is 0.0644. The van der Waals surface area contributed by atoms with Crippen LogP contribution in [0.2, 0.25) is 0 Å². The number of hydrogen-bond acceptors (Lipinski definition) is 18. The number of carbonyl (C=O) groups is 3. The number of thiazole rings is 1. The molecule has 3 aromatic carbocycles. The Labute approximate surface area is 475 Å². The number of rotatable bonds is 21. The van der Waals surface area contributed by atoms with Gasteiger partial charge < -0.3 is 58.6 Å². The molecule has 0 aliphatic carbocycles. The molecule has 7 heterocycles. The first-order chi connectivity index (χ1) is 39.2. The lowest BCUT2D eigenvalue weighted by Gasteiger charge is -2.41. The average molecular weight is 1130 g/mol. The van der Waals surface area contributed by atoms with Gasteiger partial charge in [-0.15, -0.1) is 11.3 Å². The molecule has 0 radical (unpaired) electrons. The second kappa shape index (κ2) is 25.6. The van der Waals surface area contributed by atoms with E-state index in [4.69, 9.17) is 33.4 Å². The highest BCUT2D eigenvalue weighted by molar-refractivity contribution is 7.13. The third-order valence-electron chi connectivity index (χ3n) is 15.9. The first-order valence-corrected chi connectivity index (χ1v) is 28.7. The van der Waals surface area contributed by atoms with Gasteiger partial charge in [-0.3, -0.25) is 14.5 Å². The van der Waals surface area contributed by atoms with E-state index in [1.807, 2.05) is 52.1 Å². The average Bonchev–Trinajstić information content (AvgIpc) is 4.35. The van der Waals surface area contributed by atoms with E-state index >= 15 is 0 Å². The van der Waals surface area contributed by atoms with Crippen LogP contribution in [-0.4, -0.2) is 173 Å². The number of nitriles is 1. The van der Waals surface area contributed by atoms with E-state index in [9.17, 15) is 29.9 Å². The number of amides is 3. The molecule has 0 spiro atoms. The highest BCUT2D eigenvalue weighted by atomic mass is 32.1. The number of ether oxygens (including phenoxy) is 4. The van der Waals surface area contributed by atoms with E-state index in [1.165, 1.54) is 26.5 Å². The lowest BCUT2D eigenvalue weighted by Crippen LogP contribution is -2.55. The van der Waals surface area contributed by atoms with Crippen LogP contribution in [0.5, 0.6) is 11.8 Å². The Morgan fingerprint density at radius 2 is 1.74 bits per heavy atom. The molecule has 0 unspecified atom stereocenters. The number of aliphatic hydroxyl groups is 1. The summed E-state index contributed by atoms with van der Waals surface area (Å²) in [4.78, 5) is 65.0. The molecule has 3 amide bonds. The van der Waals surface area contributed by atoms with Crippen LogP contribution < -0.4 is 24.6 Å². The van der Waals surface area contributed by atoms with Crippen LogP contribution in [0.3, 0.4) is 0 Å². The summed E-state index contributed by atoms with van der Waals surface area (Å²) >= 11 is 1.53. The zero-order valence-electron chi connectivity index (χ0n) is 46.5. The molecule has 6 aromatic rings. The molecule has 81 heavy (non-hydrogen) atoms. The summed E-state index contributed by atoms with van der Waals surface area (Å²) in [7, 11) is 2.05. The Kier molecular flexibility index (Phi) is 17.9. The number of nitrogens with zero attached hydrogens (tertiary/aromatic N) is 10. The minimum absolute atomic E-state index is 0.0279. The van der Waals surface area contributed by atoms with Crippen LogP contribution in [0.4, 0.5) is 16.3 Å². The third kappa shape index (κ3) is 13.0. The van der Waals surface area contributed by atoms with Crippen molar-refractivity contribution < 1.29 is 48.1 Å². The molecular weight excluding hydrogens is 1050 g/mol. The summed E-state index contributed by atoms with van der Waals surface area (Å²) in [5, 5.41) is 39.6. The van der Waals surface area contributed by atoms with E-state index in [-0.39, 0.29) is 81.6 Å². The lowest BCUT2D eigenvalue weighted by molar-refractivity contribution is -0.141. The molecular formula is C59H71N11O10S. The first-order valence-electron chi connectivity index (χ1n) is 27.8. The number of likely N-dealkylation sites (N-methyl/N-ethyl adjacent to an activating group) is 1. The molecule has 3 aromatic heterocycles. The fourth-order valence-corrected chi connectivity index (χ4v) is 12.5. The van der Waals surface area contributed by atoms with Gasteiger partial charge in [-0.05, 0) is 62.7 Å². The van der Waals surface area contributed by atoms with Crippen molar-refractivity contribution in [2.24, 2.45) is 5.92 Å². The molecule has 4 aliphatic rings. The second-order valence-corrected chi connectivity index (χ2v) is 22.6. The topological polar surface area (TPSA) is 245 Å². The van der Waals surface area contributed by atoms with Gasteiger partial charge in [0.05, 0.1) is 84.6 Å². The van der Waals surface area contributed by atoms with Gasteiger partial charge >= 0.3 is 12.1 Å². The monoisotopic (exact) mass is 1130 g/mol. The number of carbonyl (C=O) groups excluding carboxylic acids is 2. The maximum absolute atomic E-state index is 14.0. The molecule has 0 bridgehead atoms. The second-order valence-electron chi connectivity index (χ2n) is 21.8. The number of likely N-dealkylation sites (tertiary alicyclic amines) is 2. The summed E-state index contributed by atoms with van der Waals surface area (Å²) in [6.07, 6.45) is -0.326. The number of nitrogens with one attached hydrogen (secondary N) is 1. The van der Waals surface area contributed by atoms with Crippen molar-refractivity contribution in [3.63, 3.8) is 0 Å². The van der Waals surface area contributed by atoms with Gasteiger partial charge in [0, 0.05) is 86.5 Å². The number of aryl methyl sites for hydroxylation is 2. The molecule has 428 valence electrons. The van der Waals surface area contributed by atoms with Crippen molar-refractivity contribution in [2.45, 2.75) is 103 Å². The van der Waals surface area contributed by atoms with E-state index in [2.05, 4.69) is 72.6 Å². The Balaban J connectivity index is 0.728. The molecule has 22 heteroatoms. The summed E-state index contributed by atoms with van der Waals surface area (Å²) in [6.45, 7) is 12.3. The fourth-order valence-electron chi connectivity index (χ4n) is 11.7. The molecule has 3 N–H and O–H groups in total. The van der Waals surface area contributed by atoms with Crippen LogP contribution in [0, 0.1) is 31.1 Å². The molecule has 10 rings (SSSR count). The zero-order valence-corrected chi connectivity index (χ0v) is 47.3. The standard InChI is InChI=1S/C59H71N11O10S/c1-36(2)53(52-25-37(3)65-80-52)57(73)70-31-44(71)28-50(70)56(72)61-29-41-14-13-40(54-38(4)62-35-81-54)26-51(41)78-24-22-76-21-23-77-45-27-43(66(5)32-45)34-79-58-63-48-33-67(49-12-8-10-39-9-6-7-11-46(39)49)18-16-47(48)55(64-58)68-19-20-69(59(74)75)42(30-68)15-17-60/h6-14,25-26,35-36,42-45,50,53,71H,15-16,18-24,27-34H2,1-5H3,(H,61,72)(H,74,75)/t42-,43-,44+,45+,50-,53+/m0/s1. The number of aromatic nitrogens is 4. The summed E-state index contributed by atoms with van der Waals surface area (Å²) in [5.74, 6) is 0.283. The maximum atomic E-state index is 14.0. The van der Waals surface area contributed by atoms with Gasteiger partial charge in [0.1, 0.15) is 42.5 Å². The highest BCUT2D eigenvalue weighted by Gasteiger charge is 2.43. The van der Waals surface area contributed by atoms with Crippen LogP contribution in [-0.2, 0) is 38.6 Å². The fraction of sp³-hybridized carbons (Fsp3) is 0.492. The number of hydrogen-bond donors (Lipinski definition) is 3. The number of β-amino-alcohol motifs (C(OH)–C–C–N with tert-alkyl or cyclic N) is 1. The van der Waals surface area contributed by atoms with Gasteiger partial charge in [0.25, 0.3) is 0 Å². The van der Waals surface area contributed by atoms with Gasteiger partial charge in [-0.1, -0.05) is 67.5 Å². The van der Waals surface area contributed by atoms with Crippen molar-refractivity contribution >= 4 is 51.5 Å². The van der Waals surface area contributed by atoms with Crippen LogP contribution >= 0.6 is 11.3 Å². The van der Waals surface area contributed by atoms with Gasteiger partial charge in [0.2, 0.25) is 11.8 Å². The van der Waals surface area contributed by atoms with Crippen LogP contribution in [0.15, 0.2) is 76.8 Å². The van der Waals surface area contributed by atoms with Gasteiger partial charge in [-0.2, -0.15) is 15.2 Å². The Morgan fingerprint density at radius 1 is 0.914 bits per heavy atom. The van der Waals surface area contributed by atoms with E-state index in [0.29, 0.717) is 69.6 Å². The van der Waals surface area contributed by atoms with Crippen molar-refractivity contribution in [1.82, 2.24) is 40.1 Å². The number of fused-ring (bicyclic) bond motifs is 2. The number of benzene rings is 3. The van der Waals surface area contributed by atoms with Crippen molar-refractivity contribution in [3.05, 3.63) is 106 Å². The number of aliphatic hydroxyl groups excluding tert-OH is 1. The van der Waals surface area contributed by atoms with Gasteiger partial charge in [-0.25, -0.2) is 9.78 Å². The van der Waals surface area contributed by atoms with Crippen molar-refractivity contribution in [1.29, 1.82) is 5.26 Å². The number of anilines is 2. The molecule has 6 atom stereocenters. The minimum Gasteiger partial charge on any atom is -0.491 e. The zero-order chi connectivity index (χ0) is 56.7. The Hall–Kier alpha value is -7.42. The van der Waals surface area contributed by atoms with E-state index < -0.39 is 30.2 Å². The van der Waals surface area contributed by atoms with E-state index in [0.717, 1.165) is 62.8 Å². The Bertz CT molecular complexity index is 3230. The molecule has 4 aliphatic heterocycles. The summed E-state index contributed by atoms with van der Waals surface area (Å²) in [5.41, 5.74) is 8.03. The number of carboxylic acid groups (broad SMARTS) is 1. The SMILES string of the molecule is Cc1cc([C@H](C(=O)N2C[C@H](O)C[C@H]2C(=O)NCc2ccc(-c3scnc3C)cc2OCCOCCO[C@@H]2C[C@@H](COc3nc4c(c(N5CCN(C(=O)O)[C@@H](CC#N)C5)n3)CCN(c3cccc5ccccc35)C4)N(C)C2)C(C)C)on1. The van der Waals surface area contributed by atoms with Crippen LogP contribution in [0.25, 0.3) is 21.2 Å². The molecule has 3 fully saturated rings. The summed E-state index contributed by atoms with van der Waals surface area (Å²) in [6, 6.07) is 23.4. The highest BCUT2D eigenvalue weighted by Crippen LogP contribution is 2.37. The predicted molar refractivity (Wildman–Crippen MR) is 303 cm³/mol. The van der Waals surface area contributed by atoms with Crippen molar-refractivity contribution in [3.8, 4) is 28.3 Å². The minimum atomic E-state index is -1.03. The van der Waals surface area contributed by atoms with E-state index in [1.54, 1.807) is 18.5 Å².